The summed E-state index contributed by atoms with van der Waals surface area (Å²) in [6, 6.07) is 1.98. The number of ether oxygens (including phenoxy) is 1. The van der Waals surface area contributed by atoms with E-state index in [2.05, 4.69) is 16.9 Å². The third-order valence-electron chi connectivity index (χ3n) is 4.94. The van der Waals surface area contributed by atoms with Crippen molar-refractivity contribution in [3.63, 3.8) is 0 Å². The number of carbonyl (C=O) groups is 1. The van der Waals surface area contributed by atoms with Gasteiger partial charge in [-0.05, 0) is 52.5 Å². The van der Waals surface area contributed by atoms with Crippen LogP contribution in [0.3, 0.4) is 0 Å². The molecule has 0 aliphatic carbocycles. The van der Waals surface area contributed by atoms with Crippen LogP contribution in [0, 0.1) is 19.8 Å². The van der Waals surface area contributed by atoms with Gasteiger partial charge in [-0.2, -0.15) is 0 Å². The number of amides is 1. The summed E-state index contributed by atoms with van der Waals surface area (Å²) in [6.07, 6.45) is 3.62. The molecule has 0 spiro atoms. The second-order valence-corrected chi connectivity index (χ2v) is 6.73. The van der Waals surface area contributed by atoms with E-state index in [0.29, 0.717) is 13.2 Å². The van der Waals surface area contributed by atoms with Crippen molar-refractivity contribution in [2.75, 3.05) is 19.8 Å². The zero-order chi connectivity index (χ0) is 15.7. The van der Waals surface area contributed by atoms with Gasteiger partial charge in [0.2, 0.25) is 5.91 Å². The summed E-state index contributed by atoms with van der Waals surface area (Å²) in [5.74, 6) is 1.14. The maximum Gasteiger partial charge on any atom is 0.226 e. The summed E-state index contributed by atoms with van der Waals surface area (Å²) >= 11 is 0. The van der Waals surface area contributed by atoms with Gasteiger partial charge in [0.05, 0.1) is 5.54 Å². The van der Waals surface area contributed by atoms with Crippen molar-refractivity contribution in [1.29, 1.82) is 0 Å². The van der Waals surface area contributed by atoms with Gasteiger partial charge in [-0.3, -0.25) is 4.79 Å². The Kier molecular flexibility index (Phi) is 4.17. The van der Waals surface area contributed by atoms with E-state index in [1.807, 2.05) is 24.8 Å². The molecule has 5 nitrogen and oxygen atoms in total. The summed E-state index contributed by atoms with van der Waals surface area (Å²) in [6.45, 7) is 8.29. The van der Waals surface area contributed by atoms with Gasteiger partial charge >= 0.3 is 0 Å². The van der Waals surface area contributed by atoms with Gasteiger partial charge in [0.1, 0.15) is 0 Å². The molecule has 0 saturated carbocycles. The lowest BCUT2D eigenvalue weighted by atomic mass is 9.93. The Bertz CT molecular complexity index is 549. The van der Waals surface area contributed by atoms with E-state index < -0.39 is 0 Å². The van der Waals surface area contributed by atoms with Crippen LogP contribution in [0.1, 0.15) is 49.8 Å². The zero-order valence-electron chi connectivity index (χ0n) is 13.8. The molecule has 1 unspecified atom stereocenters. The van der Waals surface area contributed by atoms with Gasteiger partial charge in [-0.1, -0.05) is 0 Å². The first-order valence-corrected chi connectivity index (χ1v) is 8.23. The van der Waals surface area contributed by atoms with Crippen LogP contribution in [0.5, 0.6) is 0 Å². The summed E-state index contributed by atoms with van der Waals surface area (Å²) in [5, 5.41) is 0. The number of carbonyl (C=O) groups excluding carboxylic acids is 1. The lowest BCUT2D eigenvalue weighted by Crippen LogP contribution is -2.47. The molecule has 5 heteroatoms. The van der Waals surface area contributed by atoms with Crippen LogP contribution in [-0.4, -0.2) is 40.5 Å². The third kappa shape index (κ3) is 2.74. The fraction of sp³-hybridized carbons (Fsp3) is 0.706. The van der Waals surface area contributed by atoms with E-state index >= 15 is 0 Å². The topological polar surface area (TPSA) is 55.3 Å². The number of nitrogens with zero attached hydrogens (tertiary/aromatic N) is 3. The first kappa shape index (κ1) is 15.4. The van der Waals surface area contributed by atoms with Crippen molar-refractivity contribution in [3.8, 4) is 0 Å². The Morgan fingerprint density at radius 1 is 1.27 bits per heavy atom. The predicted molar refractivity (Wildman–Crippen MR) is 83.3 cm³/mol. The van der Waals surface area contributed by atoms with E-state index in [1.54, 1.807) is 0 Å². The SMILES string of the molecule is Cc1cc(C)nc(C2(C)CCCN2C(=O)C2CCOCC2)n1. The highest BCUT2D eigenvalue weighted by Crippen LogP contribution is 2.38. The molecule has 2 fully saturated rings. The minimum Gasteiger partial charge on any atom is -0.381 e. The number of likely N-dealkylation sites (tertiary alicyclic amines) is 1. The average Bonchev–Trinajstić information content (AvgIpc) is 2.90. The molecule has 1 aromatic rings. The monoisotopic (exact) mass is 303 g/mol. The predicted octanol–water partition coefficient (Wildman–Crippen LogP) is 2.36. The van der Waals surface area contributed by atoms with Crippen LogP contribution >= 0.6 is 0 Å². The molecular formula is C17H25N3O2. The van der Waals surface area contributed by atoms with Gasteiger partial charge in [-0.25, -0.2) is 9.97 Å². The number of hydrogen-bond acceptors (Lipinski definition) is 4. The Labute approximate surface area is 132 Å². The molecule has 0 radical (unpaired) electrons. The van der Waals surface area contributed by atoms with Crippen molar-refractivity contribution in [3.05, 3.63) is 23.3 Å². The summed E-state index contributed by atoms with van der Waals surface area (Å²) < 4.78 is 5.39. The van der Waals surface area contributed by atoms with E-state index in [0.717, 1.165) is 49.4 Å². The molecule has 1 atom stereocenters. The molecule has 2 aliphatic heterocycles. The highest BCUT2D eigenvalue weighted by molar-refractivity contribution is 5.80. The molecule has 0 bridgehead atoms. The number of hydrogen-bond donors (Lipinski definition) is 0. The van der Waals surface area contributed by atoms with E-state index in [-0.39, 0.29) is 17.4 Å². The summed E-state index contributed by atoms with van der Waals surface area (Å²) in [5.41, 5.74) is 1.56. The van der Waals surface area contributed by atoms with Crippen molar-refractivity contribution in [2.45, 2.75) is 52.0 Å². The minimum atomic E-state index is -0.369. The second-order valence-electron chi connectivity index (χ2n) is 6.73. The Morgan fingerprint density at radius 3 is 2.55 bits per heavy atom. The van der Waals surface area contributed by atoms with Crippen LogP contribution in [-0.2, 0) is 15.1 Å². The Hall–Kier alpha value is -1.49. The fourth-order valence-electron chi connectivity index (χ4n) is 3.68. The van der Waals surface area contributed by atoms with E-state index in [1.165, 1.54) is 0 Å². The normalized spacial score (nSPS) is 26.4. The van der Waals surface area contributed by atoms with Gasteiger partial charge < -0.3 is 9.64 Å². The van der Waals surface area contributed by atoms with Crippen LogP contribution in [0.4, 0.5) is 0 Å². The number of aryl methyl sites for hydroxylation is 2. The highest BCUT2D eigenvalue weighted by Gasteiger charge is 2.45. The molecule has 2 aliphatic rings. The molecule has 120 valence electrons. The summed E-state index contributed by atoms with van der Waals surface area (Å²) in [4.78, 5) is 24.3. The second kappa shape index (κ2) is 5.95. The minimum absolute atomic E-state index is 0.0945. The molecule has 0 aromatic carbocycles. The third-order valence-corrected chi connectivity index (χ3v) is 4.94. The molecular weight excluding hydrogens is 278 g/mol. The van der Waals surface area contributed by atoms with E-state index in [4.69, 9.17) is 4.74 Å². The smallest absolute Gasteiger partial charge is 0.226 e. The van der Waals surface area contributed by atoms with E-state index in [9.17, 15) is 4.79 Å². The molecule has 2 saturated heterocycles. The fourth-order valence-corrected chi connectivity index (χ4v) is 3.68. The van der Waals surface area contributed by atoms with Crippen molar-refractivity contribution in [2.24, 2.45) is 5.92 Å². The Morgan fingerprint density at radius 2 is 1.91 bits per heavy atom. The lowest BCUT2D eigenvalue weighted by molar-refractivity contribution is -0.143. The van der Waals surface area contributed by atoms with Gasteiger partial charge in [0.25, 0.3) is 0 Å². The number of rotatable bonds is 2. The molecule has 22 heavy (non-hydrogen) atoms. The molecule has 1 aromatic heterocycles. The summed E-state index contributed by atoms with van der Waals surface area (Å²) in [7, 11) is 0. The van der Waals surface area contributed by atoms with Gasteiger partial charge in [-0.15, -0.1) is 0 Å². The largest absolute Gasteiger partial charge is 0.381 e. The maximum absolute atomic E-state index is 13.0. The molecule has 0 N–H and O–H groups in total. The zero-order valence-corrected chi connectivity index (χ0v) is 13.8. The highest BCUT2D eigenvalue weighted by atomic mass is 16.5. The van der Waals surface area contributed by atoms with Crippen LogP contribution in [0.25, 0.3) is 0 Å². The first-order chi connectivity index (χ1) is 10.5. The van der Waals surface area contributed by atoms with Crippen molar-refractivity contribution >= 4 is 5.91 Å². The van der Waals surface area contributed by atoms with Gasteiger partial charge in [0, 0.05) is 37.1 Å². The van der Waals surface area contributed by atoms with Crippen molar-refractivity contribution < 1.29 is 9.53 Å². The van der Waals surface area contributed by atoms with Crippen LogP contribution in [0.2, 0.25) is 0 Å². The molecule has 3 heterocycles. The average molecular weight is 303 g/mol. The molecule has 3 rings (SSSR count). The van der Waals surface area contributed by atoms with Crippen molar-refractivity contribution in [1.82, 2.24) is 14.9 Å². The maximum atomic E-state index is 13.0. The first-order valence-electron chi connectivity index (χ1n) is 8.23. The van der Waals surface area contributed by atoms with Gasteiger partial charge in [0.15, 0.2) is 5.82 Å². The lowest BCUT2D eigenvalue weighted by Gasteiger charge is -2.37. The van der Waals surface area contributed by atoms with Crippen LogP contribution < -0.4 is 0 Å². The standard InChI is InChI=1S/C17H25N3O2/c1-12-11-13(2)19-16(18-12)17(3)7-4-8-20(17)15(21)14-5-9-22-10-6-14/h11,14H,4-10H2,1-3H3. The van der Waals surface area contributed by atoms with Crippen LogP contribution in [0.15, 0.2) is 6.07 Å². The quantitative estimate of drug-likeness (QED) is 0.841. The number of aromatic nitrogens is 2. The molecule has 1 amide bonds. The Balaban J connectivity index is 1.89.